The molecule has 2 heterocycles. The number of likely N-dealkylation sites (tertiary alicyclic amines) is 1. The van der Waals surface area contributed by atoms with Crippen LogP contribution in [0.25, 0.3) is 0 Å². The fraction of sp³-hybridized carbons (Fsp3) is 0.692. The van der Waals surface area contributed by atoms with E-state index in [0.717, 1.165) is 50.4 Å². The standard InChI is InChI=1S/C26H40N4O2S/c27-26(12-4-5-13-26)25(32)29-23(18-20-6-2-1-3-7-20)24(31)28-19-21-8-14-30(15-9-21)22-10-16-33-17-11-22/h1-3,6-7,21-23H,4-5,8-19,27H2,(H,28,31)(H,29,32)/t23-/m1/s1. The first-order chi connectivity index (χ1) is 16.0. The SMILES string of the molecule is NC1(C(=O)N[C@H](Cc2ccccc2)C(=O)NCC2CCN(C3CCSCC3)CC2)CCCC1. The van der Waals surface area contributed by atoms with Gasteiger partial charge in [-0.1, -0.05) is 43.2 Å². The Morgan fingerprint density at radius 1 is 1.06 bits per heavy atom. The predicted octanol–water partition coefficient (Wildman–Crippen LogP) is 2.71. The third kappa shape index (κ3) is 6.74. The normalized spacial score (nSPS) is 23.2. The number of rotatable bonds is 8. The average molecular weight is 473 g/mol. The fourth-order valence-electron chi connectivity index (χ4n) is 5.53. The van der Waals surface area contributed by atoms with Crippen LogP contribution in [0.2, 0.25) is 0 Å². The van der Waals surface area contributed by atoms with Gasteiger partial charge in [0.2, 0.25) is 11.8 Å². The second-order valence-corrected chi connectivity index (χ2v) is 11.4. The topological polar surface area (TPSA) is 87.5 Å². The first-order valence-electron chi connectivity index (χ1n) is 12.8. The van der Waals surface area contributed by atoms with Gasteiger partial charge in [-0.15, -0.1) is 0 Å². The molecule has 2 amide bonds. The molecule has 0 spiro atoms. The summed E-state index contributed by atoms with van der Waals surface area (Å²) >= 11 is 2.08. The molecule has 2 aliphatic heterocycles. The van der Waals surface area contributed by atoms with E-state index in [1.165, 1.54) is 24.3 Å². The zero-order valence-corrected chi connectivity index (χ0v) is 20.6. The Kier molecular flexibility index (Phi) is 8.72. The summed E-state index contributed by atoms with van der Waals surface area (Å²) in [6.45, 7) is 2.95. The Balaban J connectivity index is 1.29. The highest BCUT2D eigenvalue weighted by Gasteiger charge is 2.39. The number of nitrogens with one attached hydrogen (secondary N) is 2. The Labute approximate surface area is 202 Å². The van der Waals surface area contributed by atoms with Crippen molar-refractivity contribution in [2.75, 3.05) is 31.1 Å². The summed E-state index contributed by atoms with van der Waals surface area (Å²) < 4.78 is 0. The number of piperidine rings is 1. The number of hydrogen-bond acceptors (Lipinski definition) is 5. The van der Waals surface area contributed by atoms with Gasteiger partial charge in [-0.25, -0.2) is 0 Å². The maximum Gasteiger partial charge on any atom is 0.242 e. The van der Waals surface area contributed by atoms with E-state index in [9.17, 15) is 9.59 Å². The molecule has 0 radical (unpaired) electrons. The summed E-state index contributed by atoms with van der Waals surface area (Å²) in [5.74, 6) is 2.81. The minimum absolute atomic E-state index is 0.0967. The van der Waals surface area contributed by atoms with Crippen LogP contribution in [0.4, 0.5) is 0 Å². The summed E-state index contributed by atoms with van der Waals surface area (Å²) in [5.41, 5.74) is 6.56. The smallest absolute Gasteiger partial charge is 0.242 e. The number of thioether (sulfide) groups is 1. The van der Waals surface area contributed by atoms with Crippen LogP contribution in [-0.2, 0) is 16.0 Å². The molecule has 2 saturated heterocycles. The van der Waals surface area contributed by atoms with Gasteiger partial charge in [-0.2, -0.15) is 11.8 Å². The Hall–Kier alpha value is -1.57. The molecule has 1 aliphatic carbocycles. The van der Waals surface area contributed by atoms with Crippen molar-refractivity contribution in [3.63, 3.8) is 0 Å². The van der Waals surface area contributed by atoms with E-state index in [4.69, 9.17) is 5.73 Å². The van der Waals surface area contributed by atoms with Crippen LogP contribution in [0.1, 0.15) is 56.9 Å². The van der Waals surface area contributed by atoms with Gasteiger partial charge in [0.05, 0.1) is 5.54 Å². The predicted molar refractivity (Wildman–Crippen MR) is 135 cm³/mol. The molecule has 0 bridgehead atoms. The molecule has 3 aliphatic rings. The highest BCUT2D eigenvalue weighted by Crippen LogP contribution is 2.28. The van der Waals surface area contributed by atoms with Gasteiger partial charge in [-0.3, -0.25) is 9.59 Å². The van der Waals surface area contributed by atoms with Crippen LogP contribution in [-0.4, -0.2) is 65.5 Å². The molecule has 0 aromatic heterocycles. The molecule has 182 valence electrons. The monoisotopic (exact) mass is 472 g/mol. The number of nitrogens with two attached hydrogens (primary N) is 1. The molecule has 1 saturated carbocycles. The minimum Gasteiger partial charge on any atom is -0.354 e. The molecule has 0 unspecified atom stereocenters. The first kappa shape index (κ1) is 24.6. The fourth-order valence-corrected chi connectivity index (χ4v) is 6.62. The van der Waals surface area contributed by atoms with E-state index in [-0.39, 0.29) is 11.8 Å². The zero-order valence-electron chi connectivity index (χ0n) is 19.8. The van der Waals surface area contributed by atoms with Crippen LogP contribution in [0, 0.1) is 5.92 Å². The van der Waals surface area contributed by atoms with Gasteiger partial charge < -0.3 is 21.3 Å². The van der Waals surface area contributed by atoms with E-state index in [1.54, 1.807) is 0 Å². The summed E-state index contributed by atoms with van der Waals surface area (Å²) in [6, 6.07) is 10.0. The lowest BCUT2D eigenvalue weighted by atomic mass is 9.94. The van der Waals surface area contributed by atoms with E-state index in [0.29, 0.717) is 31.7 Å². The van der Waals surface area contributed by atoms with Gasteiger partial charge >= 0.3 is 0 Å². The van der Waals surface area contributed by atoms with Crippen molar-refractivity contribution in [3.8, 4) is 0 Å². The van der Waals surface area contributed by atoms with Crippen molar-refractivity contribution in [2.24, 2.45) is 11.7 Å². The van der Waals surface area contributed by atoms with Gasteiger partial charge in [-0.05, 0) is 74.6 Å². The molecule has 7 heteroatoms. The van der Waals surface area contributed by atoms with Gasteiger partial charge in [0.25, 0.3) is 0 Å². The highest BCUT2D eigenvalue weighted by molar-refractivity contribution is 7.99. The van der Waals surface area contributed by atoms with Crippen LogP contribution in [0.3, 0.4) is 0 Å². The maximum absolute atomic E-state index is 13.2. The number of nitrogens with zero attached hydrogens (tertiary/aromatic N) is 1. The number of amides is 2. The van der Waals surface area contributed by atoms with E-state index < -0.39 is 11.6 Å². The Bertz CT molecular complexity index is 770. The van der Waals surface area contributed by atoms with E-state index >= 15 is 0 Å². The lowest BCUT2D eigenvalue weighted by Gasteiger charge is -2.39. The molecule has 4 N–H and O–H groups in total. The quantitative estimate of drug-likeness (QED) is 0.542. The molecule has 6 nitrogen and oxygen atoms in total. The van der Waals surface area contributed by atoms with E-state index in [2.05, 4.69) is 27.3 Å². The van der Waals surface area contributed by atoms with Crippen molar-refractivity contribution < 1.29 is 9.59 Å². The highest BCUT2D eigenvalue weighted by atomic mass is 32.2. The lowest BCUT2D eigenvalue weighted by Crippen LogP contribution is -2.58. The van der Waals surface area contributed by atoms with Crippen molar-refractivity contribution in [1.82, 2.24) is 15.5 Å². The van der Waals surface area contributed by atoms with Gasteiger partial charge in [0.15, 0.2) is 0 Å². The maximum atomic E-state index is 13.2. The molecule has 3 fully saturated rings. The largest absolute Gasteiger partial charge is 0.354 e. The molecule has 1 aromatic carbocycles. The van der Waals surface area contributed by atoms with Gasteiger partial charge in [0, 0.05) is 19.0 Å². The molecule has 33 heavy (non-hydrogen) atoms. The number of carbonyl (C=O) groups is 2. The molecule has 1 aromatic rings. The average Bonchev–Trinajstić information content (AvgIpc) is 3.31. The molecular weight excluding hydrogens is 432 g/mol. The van der Waals surface area contributed by atoms with Gasteiger partial charge in [0.1, 0.15) is 6.04 Å². The lowest BCUT2D eigenvalue weighted by molar-refractivity contribution is -0.132. The minimum atomic E-state index is -0.834. The number of hydrogen-bond donors (Lipinski definition) is 3. The Morgan fingerprint density at radius 2 is 1.73 bits per heavy atom. The zero-order chi connectivity index (χ0) is 23.1. The third-order valence-electron chi connectivity index (χ3n) is 7.77. The molecule has 4 rings (SSSR count). The summed E-state index contributed by atoms with van der Waals surface area (Å²) in [7, 11) is 0. The van der Waals surface area contributed by atoms with Crippen molar-refractivity contribution >= 4 is 23.6 Å². The summed E-state index contributed by atoms with van der Waals surface area (Å²) in [6.07, 6.45) is 8.69. The first-order valence-corrected chi connectivity index (χ1v) is 13.9. The molecule has 1 atom stereocenters. The summed E-state index contributed by atoms with van der Waals surface area (Å²) in [5, 5.41) is 6.16. The van der Waals surface area contributed by atoms with Crippen molar-refractivity contribution in [2.45, 2.75) is 75.4 Å². The van der Waals surface area contributed by atoms with E-state index in [1.807, 2.05) is 30.3 Å². The van der Waals surface area contributed by atoms with Crippen molar-refractivity contribution in [3.05, 3.63) is 35.9 Å². The molecular formula is C26H40N4O2S. The number of benzene rings is 1. The van der Waals surface area contributed by atoms with Crippen LogP contribution < -0.4 is 16.4 Å². The second kappa shape index (κ2) is 11.7. The Morgan fingerprint density at radius 3 is 2.39 bits per heavy atom. The van der Waals surface area contributed by atoms with Crippen LogP contribution in [0.5, 0.6) is 0 Å². The van der Waals surface area contributed by atoms with Crippen molar-refractivity contribution in [1.29, 1.82) is 0 Å². The third-order valence-corrected chi connectivity index (χ3v) is 8.82. The number of carbonyl (C=O) groups excluding carboxylic acids is 2. The van der Waals surface area contributed by atoms with Crippen LogP contribution in [0.15, 0.2) is 30.3 Å². The second-order valence-electron chi connectivity index (χ2n) is 10.1. The van der Waals surface area contributed by atoms with Crippen LogP contribution >= 0.6 is 11.8 Å². The summed E-state index contributed by atoms with van der Waals surface area (Å²) in [4.78, 5) is 28.8.